The average Bonchev–Trinajstić information content (AvgIpc) is 2.39. The molecule has 0 aliphatic heterocycles. The van der Waals surface area contributed by atoms with Crippen LogP contribution in [0.5, 0.6) is 0 Å². The number of aryl methyl sites for hydroxylation is 1. The molecule has 1 atom stereocenters. The Kier molecular flexibility index (Phi) is 5.71. The third-order valence-electron chi connectivity index (χ3n) is 3.22. The number of benzene rings is 1. The molecule has 1 unspecified atom stereocenters. The zero-order valence-corrected chi connectivity index (χ0v) is 13.4. The molecule has 0 bridgehead atoms. The van der Waals surface area contributed by atoms with Crippen molar-refractivity contribution in [3.63, 3.8) is 0 Å². The lowest BCUT2D eigenvalue weighted by molar-refractivity contribution is -0.144. The van der Waals surface area contributed by atoms with E-state index in [1.54, 1.807) is 19.9 Å². The first kappa shape index (κ1) is 16.7. The second-order valence-electron chi connectivity index (χ2n) is 4.88. The van der Waals surface area contributed by atoms with Crippen LogP contribution in [-0.4, -0.2) is 29.1 Å². The number of carboxylic acid groups (broad SMARTS) is 1. The van der Waals surface area contributed by atoms with Gasteiger partial charge in [0.2, 0.25) is 5.91 Å². The molecule has 0 aliphatic carbocycles. The fourth-order valence-electron chi connectivity index (χ4n) is 1.54. The molecule has 5 nitrogen and oxygen atoms in total. The Morgan fingerprint density at radius 3 is 2.55 bits per heavy atom. The van der Waals surface area contributed by atoms with Crippen LogP contribution in [0.15, 0.2) is 22.7 Å². The molecule has 0 saturated heterocycles. The lowest BCUT2D eigenvalue weighted by Crippen LogP contribution is -2.51. The molecule has 1 aromatic carbocycles. The number of anilines is 1. The molecule has 1 aromatic rings. The third-order valence-corrected chi connectivity index (χ3v) is 3.87. The van der Waals surface area contributed by atoms with E-state index in [1.807, 2.05) is 19.1 Å². The molecule has 0 spiro atoms. The van der Waals surface area contributed by atoms with Crippen LogP contribution in [0.1, 0.15) is 25.8 Å². The molecule has 20 heavy (non-hydrogen) atoms. The van der Waals surface area contributed by atoms with Crippen molar-refractivity contribution in [3.8, 4) is 0 Å². The van der Waals surface area contributed by atoms with E-state index in [0.717, 1.165) is 10.0 Å². The summed E-state index contributed by atoms with van der Waals surface area (Å²) >= 11 is 3.37. The number of carbonyl (C=O) groups is 2. The molecule has 0 radical (unpaired) electrons. The van der Waals surface area contributed by atoms with Crippen LogP contribution in [0.3, 0.4) is 0 Å². The zero-order valence-electron chi connectivity index (χ0n) is 11.8. The van der Waals surface area contributed by atoms with Gasteiger partial charge in [0, 0.05) is 4.47 Å². The highest BCUT2D eigenvalue weighted by Crippen LogP contribution is 2.23. The zero-order chi connectivity index (χ0) is 15.3. The van der Waals surface area contributed by atoms with E-state index >= 15 is 0 Å². The van der Waals surface area contributed by atoms with Crippen molar-refractivity contribution in [3.05, 3.63) is 28.2 Å². The van der Waals surface area contributed by atoms with E-state index in [0.29, 0.717) is 12.1 Å². The highest BCUT2D eigenvalue weighted by atomic mass is 79.9. The van der Waals surface area contributed by atoms with Gasteiger partial charge in [-0.25, -0.2) is 0 Å². The number of hydrogen-bond acceptors (Lipinski definition) is 3. The highest BCUT2D eigenvalue weighted by molar-refractivity contribution is 9.10. The fourth-order valence-corrected chi connectivity index (χ4v) is 2.14. The number of halogens is 1. The maximum atomic E-state index is 11.8. The van der Waals surface area contributed by atoms with Crippen molar-refractivity contribution < 1.29 is 14.7 Å². The maximum Gasteiger partial charge on any atom is 0.323 e. The molecule has 0 saturated carbocycles. The molecule has 0 aliphatic rings. The van der Waals surface area contributed by atoms with Gasteiger partial charge in [0.15, 0.2) is 0 Å². The molecule has 0 fully saturated rings. The van der Waals surface area contributed by atoms with E-state index in [-0.39, 0.29) is 12.5 Å². The largest absolute Gasteiger partial charge is 0.480 e. The van der Waals surface area contributed by atoms with E-state index in [9.17, 15) is 9.59 Å². The Balaban J connectivity index is 2.62. The fraction of sp³-hybridized carbons (Fsp3) is 0.429. The summed E-state index contributed by atoms with van der Waals surface area (Å²) in [5.41, 5.74) is 0.648. The number of rotatable bonds is 6. The van der Waals surface area contributed by atoms with Crippen LogP contribution < -0.4 is 10.6 Å². The smallest absolute Gasteiger partial charge is 0.323 e. The molecular formula is C14H19BrN2O3. The molecule has 6 heteroatoms. The average molecular weight is 343 g/mol. The number of carbonyl (C=O) groups excluding carboxylic acids is 1. The van der Waals surface area contributed by atoms with Crippen molar-refractivity contribution in [2.45, 2.75) is 32.7 Å². The van der Waals surface area contributed by atoms with Gasteiger partial charge in [-0.1, -0.05) is 13.0 Å². The van der Waals surface area contributed by atoms with Gasteiger partial charge in [0.1, 0.15) is 5.54 Å². The SMILES string of the molecule is CCC(C)(NCC(=O)Nc1ccc(C)cc1Br)C(=O)O. The summed E-state index contributed by atoms with van der Waals surface area (Å²) in [7, 11) is 0. The van der Waals surface area contributed by atoms with Gasteiger partial charge in [0.05, 0.1) is 12.2 Å². The monoisotopic (exact) mass is 342 g/mol. The van der Waals surface area contributed by atoms with Crippen LogP contribution in [0, 0.1) is 6.92 Å². The van der Waals surface area contributed by atoms with Gasteiger partial charge in [-0.2, -0.15) is 0 Å². The number of nitrogens with one attached hydrogen (secondary N) is 2. The Hall–Kier alpha value is -1.40. The predicted molar refractivity (Wildman–Crippen MR) is 81.8 cm³/mol. The van der Waals surface area contributed by atoms with Gasteiger partial charge in [-0.05, 0) is 53.9 Å². The minimum Gasteiger partial charge on any atom is -0.480 e. The van der Waals surface area contributed by atoms with Crippen molar-refractivity contribution in [1.82, 2.24) is 5.32 Å². The van der Waals surface area contributed by atoms with Crippen molar-refractivity contribution in [2.75, 3.05) is 11.9 Å². The van der Waals surface area contributed by atoms with Crippen molar-refractivity contribution in [2.24, 2.45) is 0 Å². The summed E-state index contributed by atoms with van der Waals surface area (Å²) in [6.45, 7) is 5.22. The van der Waals surface area contributed by atoms with Gasteiger partial charge < -0.3 is 10.4 Å². The normalized spacial score (nSPS) is 13.6. The van der Waals surface area contributed by atoms with Gasteiger partial charge in [0.25, 0.3) is 0 Å². The van der Waals surface area contributed by atoms with Gasteiger partial charge >= 0.3 is 5.97 Å². The third kappa shape index (κ3) is 4.31. The summed E-state index contributed by atoms with van der Waals surface area (Å²) in [5.74, 6) is -1.25. The molecular weight excluding hydrogens is 324 g/mol. The molecule has 110 valence electrons. The summed E-state index contributed by atoms with van der Waals surface area (Å²) in [6.07, 6.45) is 0.393. The molecule has 1 amide bonds. The van der Waals surface area contributed by atoms with Crippen LogP contribution in [0.25, 0.3) is 0 Å². The van der Waals surface area contributed by atoms with Crippen LogP contribution in [0.4, 0.5) is 5.69 Å². The Bertz CT molecular complexity index is 519. The van der Waals surface area contributed by atoms with Crippen LogP contribution >= 0.6 is 15.9 Å². The second kappa shape index (κ2) is 6.85. The number of aliphatic carboxylic acids is 1. The number of carboxylic acids is 1. The molecule has 3 N–H and O–H groups in total. The summed E-state index contributed by atoms with van der Waals surface area (Å²) in [4.78, 5) is 23.0. The summed E-state index contributed by atoms with van der Waals surface area (Å²) in [5, 5.41) is 14.6. The topological polar surface area (TPSA) is 78.4 Å². The summed E-state index contributed by atoms with van der Waals surface area (Å²) < 4.78 is 0.794. The quantitative estimate of drug-likeness (QED) is 0.742. The molecule has 0 aromatic heterocycles. The molecule has 0 heterocycles. The lowest BCUT2D eigenvalue weighted by Gasteiger charge is -2.24. The van der Waals surface area contributed by atoms with E-state index < -0.39 is 11.5 Å². The van der Waals surface area contributed by atoms with E-state index in [2.05, 4.69) is 26.6 Å². The first-order valence-corrected chi connectivity index (χ1v) is 7.12. The highest BCUT2D eigenvalue weighted by Gasteiger charge is 2.30. The van der Waals surface area contributed by atoms with Crippen molar-refractivity contribution in [1.29, 1.82) is 0 Å². The van der Waals surface area contributed by atoms with Crippen LogP contribution in [-0.2, 0) is 9.59 Å². The Morgan fingerprint density at radius 2 is 2.05 bits per heavy atom. The Labute approximate surface area is 126 Å². The first-order valence-electron chi connectivity index (χ1n) is 6.33. The number of hydrogen-bond donors (Lipinski definition) is 3. The second-order valence-corrected chi connectivity index (χ2v) is 5.73. The minimum absolute atomic E-state index is 0.0586. The number of amides is 1. The summed E-state index contributed by atoms with van der Waals surface area (Å²) in [6, 6.07) is 5.59. The molecule has 1 rings (SSSR count). The maximum absolute atomic E-state index is 11.8. The van der Waals surface area contributed by atoms with E-state index in [4.69, 9.17) is 5.11 Å². The van der Waals surface area contributed by atoms with Gasteiger partial charge in [-0.3, -0.25) is 14.9 Å². The van der Waals surface area contributed by atoms with E-state index in [1.165, 1.54) is 0 Å². The van der Waals surface area contributed by atoms with Gasteiger partial charge in [-0.15, -0.1) is 0 Å². The standard InChI is InChI=1S/C14H19BrN2O3/c1-4-14(3,13(19)20)16-8-12(18)17-11-6-5-9(2)7-10(11)15/h5-7,16H,4,8H2,1-3H3,(H,17,18)(H,19,20). The first-order chi connectivity index (χ1) is 9.28. The van der Waals surface area contributed by atoms with Crippen LogP contribution in [0.2, 0.25) is 0 Å². The van der Waals surface area contributed by atoms with Crippen molar-refractivity contribution >= 4 is 33.5 Å². The lowest BCUT2D eigenvalue weighted by atomic mass is 9.99. The minimum atomic E-state index is -1.10. The predicted octanol–water partition coefficient (Wildman–Crippen LogP) is 2.54. The Morgan fingerprint density at radius 1 is 1.40 bits per heavy atom.